The maximum absolute atomic E-state index is 4.36. The van der Waals surface area contributed by atoms with Crippen LogP contribution in [0.25, 0.3) is 21.5 Å². The molecule has 0 spiro atoms. The van der Waals surface area contributed by atoms with Crippen LogP contribution in [0.1, 0.15) is 18.4 Å². The maximum atomic E-state index is 4.36. The average molecular weight is 287 g/mol. The lowest BCUT2D eigenvalue weighted by atomic mass is 10.0. The van der Waals surface area contributed by atoms with Crippen LogP contribution in [0.3, 0.4) is 0 Å². The molecule has 0 unspecified atom stereocenters. The van der Waals surface area contributed by atoms with Crippen LogP contribution >= 0.6 is 0 Å². The van der Waals surface area contributed by atoms with Crippen molar-refractivity contribution in [1.82, 2.24) is 5.43 Å². The van der Waals surface area contributed by atoms with Crippen molar-refractivity contribution in [1.29, 1.82) is 0 Å². The number of amidine groups is 1. The molecule has 0 fully saturated rings. The standard InChI is InChI=1S/C19H17N3/c1-2-6-15-12-18-16(11-14(15)5-1)7-3-8-17(18)13-21-22-19-9-4-10-20-19/h1-3,5-8,11-13H,4,9-10H2,(H,20,22)/b21-13+. The number of benzene rings is 3. The smallest absolute Gasteiger partial charge is 0.117 e. The monoisotopic (exact) mass is 287 g/mol. The van der Waals surface area contributed by atoms with Gasteiger partial charge in [-0.25, -0.2) is 0 Å². The molecule has 1 aliphatic rings. The van der Waals surface area contributed by atoms with Crippen molar-refractivity contribution in [3.8, 4) is 0 Å². The molecule has 0 aromatic heterocycles. The van der Waals surface area contributed by atoms with Gasteiger partial charge in [0.2, 0.25) is 0 Å². The van der Waals surface area contributed by atoms with Gasteiger partial charge in [0.15, 0.2) is 0 Å². The molecule has 0 atom stereocenters. The summed E-state index contributed by atoms with van der Waals surface area (Å²) in [6.07, 6.45) is 4.01. The van der Waals surface area contributed by atoms with E-state index in [1.807, 2.05) is 6.21 Å². The fraction of sp³-hybridized carbons (Fsp3) is 0.158. The molecule has 1 N–H and O–H groups in total. The minimum absolute atomic E-state index is 0.915. The van der Waals surface area contributed by atoms with E-state index in [0.717, 1.165) is 30.8 Å². The van der Waals surface area contributed by atoms with Crippen LogP contribution in [0, 0.1) is 0 Å². The van der Waals surface area contributed by atoms with E-state index in [0.29, 0.717) is 0 Å². The highest BCUT2D eigenvalue weighted by atomic mass is 15.3. The summed E-state index contributed by atoms with van der Waals surface area (Å²) in [7, 11) is 0. The van der Waals surface area contributed by atoms with Crippen molar-refractivity contribution in [3.05, 3.63) is 60.2 Å². The highest BCUT2D eigenvalue weighted by molar-refractivity contribution is 6.06. The molecule has 1 aliphatic heterocycles. The molecule has 0 saturated carbocycles. The van der Waals surface area contributed by atoms with Gasteiger partial charge in [0.05, 0.1) is 6.21 Å². The maximum Gasteiger partial charge on any atom is 0.117 e. The fourth-order valence-electron chi connectivity index (χ4n) is 2.91. The first-order valence-corrected chi connectivity index (χ1v) is 7.64. The Labute approximate surface area is 129 Å². The minimum atomic E-state index is 0.915. The van der Waals surface area contributed by atoms with Gasteiger partial charge < -0.3 is 0 Å². The zero-order chi connectivity index (χ0) is 14.8. The Hall–Kier alpha value is -2.68. The second-order valence-electron chi connectivity index (χ2n) is 5.57. The molecule has 4 rings (SSSR count). The summed E-state index contributed by atoms with van der Waals surface area (Å²) in [5.41, 5.74) is 4.17. The normalized spacial score (nSPS) is 14.8. The van der Waals surface area contributed by atoms with Crippen LogP contribution in [-0.2, 0) is 0 Å². The first-order chi connectivity index (χ1) is 10.9. The Kier molecular flexibility index (Phi) is 3.31. The number of hydrogen-bond acceptors (Lipinski definition) is 3. The van der Waals surface area contributed by atoms with Crippen molar-refractivity contribution in [2.75, 3.05) is 6.54 Å². The predicted molar refractivity (Wildman–Crippen MR) is 93.7 cm³/mol. The van der Waals surface area contributed by atoms with Gasteiger partial charge in [0.25, 0.3) is 0 Å². The zero-order valence-corrected chi connectivity index (χ0v) is 12.3. The van der Waals surface area contributed by atoms with E-state index in [9.17, 15) is 0 Å². The Morgan fingerprint density at radius 3 is 2.59 bits per heavy atom. The molecular weight excluding hydrogens is 270 g/mol. The highest BCUT2D eigenvalue weighted by Crippen LogP contribution is 2.24. The van der Waals surface area contributed by atoms with E-state index < -0.39 is 0 Å². The van der Waals surface area contributed by atoms with Crippen LogP contribution in [0.5, 0.6) is 0 Å². The quantitative estimate of drug-likeness (QED) is 0.430. The van der Waals surface area contributed by atoms with Crippen molar-refractivity contribution in [2.24, 2.45) is 10.1 Å². The summed E-state index contributed by atoms with van der Waals surface area (Å²) in [6.45, 7) is 0.915. The van der Waals surface area contributed by atoms with Gasteiger partial charge >= 0.3 is 0 Å². The lowest BCUT2D eigenvalue weighted by Crippen LogP contribution is -2.14. The highest BCUT2D eigenvalue weighted by Gasteiger charge is 2.04. The molecule has 22 heavy (non-hydrogen) atoms. The Bertz CT molecular complexity index is 893. The third kappa shape index (κ3) is 2.46. The first-order valence-electron chi connectivity index (χ1n) is 7.64. The minimum Gasteiger partial charge on any atom is -0.271 e. The Balaban J connectivity index is 1.73. The summed E-state index contributed by atoms with van der Waals surface area (Å²) >= 11 is 0. The Morgan fingerprint density at radius 1 is 0.955 bits per heavy atom. The van der Waals surface area contributed by atoms with Crippen LogP contribution in [0.15, 0.2) is 64.7 Å². The topological polar surface area (TPSA) is 36.8 Å². The van der Waals surface area contributed by atoms with Crippen LogP contribution in [-0.4, -0.2) is 18.6 Å². The number of nitrogens with one attached hydrogen (secondary N) is 1. The summed E-state index contributed by atoms with van der Waals surface area (Å²) in [4.78, 5) is 4.36. The zero-order valence-electron chi connectivity index (χ0n) is 12.3. The van der Waals surface area contributed by atoms with E-state index in [2.05, 4.69) is 70.1 Å². The summed E-state index contributed by atoms with van der Waals surface area (Å²) in [5.74, 6) is 0.988. The first kappa shape index (κ1) is 13.0. The molecule has 0 aliphatic carbocycles. The molecule has 0 amide bonds. The molecule has 3 nitrogen and oxygen atoms in total. The second-order valence-corrected chi connectivity index (χ2v) is 5.57. The molecule has 0 radical (unpaired) electrons. The van der Waals surface area contributed by atoms with Gasteiger partial charge in [-0.05, 0) is 40.1 Å². The molecule has 3 aromatic rings. The SMILES string of the molecule is C(=N\NC1=NCCC1)/c1cccc2cc3ccccc3cc12. The van der Waals surface area contributed by atoms with E-state index in [1.54, 1.807) is 0 Å². The third-order valence-corrected chi connectivity index (χ3v) is 4.05. The summed E-state index contributed by atoms with van der Waals surface area (Å²) in [5, 5.41) is 9.33. The lowest BCUT2D eigenvalue weighted by Gasteiger charge is -2.05. The number of rotatable bonds is 2. The second kappa shape index (κ2) is 5.60. The predicted octanol–water partition coefficient (Wildman–Crippen LogP) is 4.11. The van der Waals surface area contributed by atoms with Crippen molar-refractivity contribution < 1.29 is 0 Å². The number of fused-ring (bicyclic) bond motifs is 2. The van der Waals surface area contributed by atoms with Crippen molar-refractivity contribution in [2.45, 2.75) is 12.8 Å². The van der Waals surface area contributed by atoms with E-state index in [4.69, 9.17) is 0 Å². The van der Waals surface area contributed by atoms with Gasteiger partial charge in [0.1, 0.15) is 5.84 Å². The largest absolute Gasteiger partial charge is 0.271 e. The number of aliphatic imine (C=N–C) groups is 1. The van der Waals surface area contributed by atoms with Gasteiger partial charge in [-0.3, -0.25) is 10.4 Å². The molecule has 1 heterocycles. The van der Waals surface area contributed by atoms with E-state index in [-0.39, 0.29) is 0 Å². The lowest BCUT2D eigenvalue weighted by molar-refractivity contribution is 0.937. The Morgan fingerprint density at radius 2 is 1.77 bits per heavy atom. The summed E-state index contributed by atoms with van der Waals surface area (Å²) < 4.78 is 0. The molecule has 3 heteroatoms. The molecule has 0 bridgehead atoms. The number of hydrazone groups is 1. The van der Waals surface area contributed by atoms with Gasteiger partial charge in [0, 0.05) is 18.5 Å². The molecule has 0 saturated heterocycles. The number of nitrogens with zero attached hydrogens (tertiary/aromatic N) is 2. The van der Waals surface area contributed by atoms with Gasteiger partial charge in [-0.1, -0.05) is 42.5 Å². The average Bonchev–Trinajstić information content (AvgIpc) is 3.07. The van der Waals surface area contributed by atoms with Crippen LogP contribution in [0.4, 0.5) is 0 Å². The van der Waals surface area contributed by atoms with Gasteiger partial charge in [-0.15, -0.1) is 0 Å². The number of hydrogen-bond donors (Lipinski definition) is 1. The van der Waals surface area contributed by atoms with Crippen LogP contribution in [0.2, 0.25) is 0 Å². The molecule has 3 aromatic carbocycles. The third-order valence-electron chi connectivity index (χ3n) is 4.05. The molecule has 108 valence electrons. The van der Waals surface area contributed by atoms with Gasteiger partial charge in [-0.2, -0.15) is 5.10 Å². The fourth-order valence-corrected chi connectivity index (χ4v) is 2.91. The van der Waals surface area contributed by atoms with E-state index in [1.165, 1.54) is 21.5 Å². The van der Waals surface area contributed by atoms with Crippen LogP contribution < -0.4 is 5.43 Å². The molecular formula is C19H17N3. The van der Waals surface area contributed by atoms with E-state index >= 15 is 0 Å². The van der Waals surface area contributed by atoms with Crippen molar-refractivity contribution >= 4 is 33.6 Å². The summed E-state index contributed by atoms with van der Waals surface area (Å²) in [6, 6.07) is 19.2. The van der Waals surface area contributed by atoms with Crippen molar-refractivity contribution in [3.63, 3.8) is 0 Å².